The molecule has 2 aliphatic rings. The first-order chi connectivity index (χ1) is 19.8. The number of benzene rings is 4. The zero-order valence-corrected chi connectivity index (χ0v) is 26.7. The number of hydrogen-bond acceptors (Lipinski definition) is 0. The van der Waals surface area contributed by atoms with Gasteiger partial charge in [-0.25, -0.2) is 0 Å². The van der Waals surface area contributed by atoms with Crippen molar-refractivity contribution in [3.05, 3.63) is 129 Å². The van der Waals surface area contributed by atoms with Gasteiger partial charge in [0.05, 0.1) is 0 Å². The Morgan fingerprint density at radius 3 is 1.27 bits per heavy atom. The van der Waals surface area contributed by atoms with Crippen molar-refractivity contribution < 1.29 is 0 Å². The Hall–Kier alpha value is -3.42. The van der Waals surface area contributed by atoms with Gasteiger partial charge >= 0.3 is 0 Å². The first kappa shape index (κ1) is 27.7. The molecule has 0 bridgehead atoms. The Bertz CT molecular complexity index is 1500. The molecule has 0 amide bonds. The van der Waals surface area contributed by atoms with E-state index < -0.39 is 8.07 Å². The lowest BCUT2D eigenvalue weighted by molar-refractivity contribution is 0.867. The molecule has 208 valence electrons. The van der Waals surface area contributed by atoms with Crippen molar-refractivity contribution in [2.45, 2.75) is 78.3 Å². The highest BCUT2D eigenvalue weighted by molar-refractivity contribution is 6.94. The molecule has 2 aliphatic carbocycles. The predicted molar refractivity (Wildman–Crippen MR) is 182 cm³/mol. The van der Waals surface area contributed by atoms with Crippen LogP contribution < -0.4 is 0 Å². The Morgan fingerprint density at radius 1 is 0.537 bits per heavy atom. The molecule has 0 fully saturated rings. The Kier molecular flexibility index (Phi) is 7.51. The monoisotopic (exact) mass is 552 g/mol. The van der Waals surface area contributed by atoms with Crippen molar-refractivity contribution >= 4 is 20.2 Å². The fraction of sp³-hybridized carbons (Fsp3) is 0.300. The Balaban J connectivity index is 1.38. The van der Waals surface area contributed by atoms with Crippen LogP contribution in [0.15, 0.2) is 95.3 Å². The summed E-state index contributed by atoms with van der Waals surface area (Å²) in [4.78, 5) is 0. The molecule has 41 heavy (non-hydrogen) atoms. The topological polar surface area (TPSA) is 0 Å². The smallest absolute Gasteiger partial charge is 0.0709 e. The van der Waals surface area contributed by atoms with Gasteiger partial charge in [0.1, 0.15) is 8.07 Å². The van der Waals surface area contributed by atoms with Crippen LogP contribution in [-0.4, -0.2) is 8.07 Å². The molecule has 1 heteroatoms. The average Bonchev–Trinajstić information content (AvgIpc) is 3.63. The van der Waals surface area contributed by atoms with Crippen LogP contribution >= 0.6 is 0 Å². The minimum atomic E-state index is -1.85. The molecule has 0 nitrogen and oxygen atoms in total. The molecule has 0 aromatic heterocycles. The van der Waals surface area contributed by atoms with Crippen LogP contribution in [0.3, 0.4) is 0 Å². The highest BCUT2D eigenvalue weighted by Crippen LogP contribution is 2.46. The zero-order chi connectivity index (χ0) is 28.7. The summed E-state index contributed by atoms with van der Waals surface area (Å²) in [5, 5.41) is 3.45. The molecule has 0 N–H and O–H groups in total. The molecule has 0 atom stereocenters. The molecule has 0 radical (unpaired) electrons. The summed E-state index contributed by atoms with van der Waals surface area (Å²) in [6.45, 7) is 14.0. The molecule has 4 aromatic carbocycles. The van der Waals surface area contributed by atoms with Gasteiger partial charge in [0.2, 0.25) is 0 Å². The second-order valence-corrected chi connectivity index (χ2v) is 17.7. The van der Waals surface area contributed by atoms with E-state index in [0.29, 0.717) is 11.8 Å². The van der Waals surface area contributed by atoms with E-state index in [9.17, 15) is 0 Å². The van der Waals surface area contributed by atoms with Crippen molar-refractivity contribution in [3.8, 4) is 22.3 Å². The molecular weight excluding hydrogens is 509 g/mol. The van der Waals surface area contributed by atoms with E-state index in [4.69, 9.17) is 0 Å². The largest absolute Gasteiger partial charge is 0.109 e. The predicted octanol–water partition coefficient (Wildman–Crippen LogP) is 11.4. The van der Waals surface area contributed by atoms with Gasteiger partial charge in [-0.1, -0.05) is 161 Å². The van der Waals surface area contributed by atoms with E-state index in [1.54, 1.807) is 10.4 Å². The third-order valence-electron chi connectivity index (χ3n) is 10.0. The molecule has 0 spiro atoms. The molecule has 4 aromatic rings. The van der Waals surface area contributed by atoms with Crippen molar-refractivity contribution in [1.82, 2.24) is 0 Å². The Morgan fingerprint density at radius 2 is 0.927 bits per heavy atom. The minimum Gasteiger partial charge on any atom is -0.0709 e. The van der Waals surface area contributed by atoms with Gasteiger partial charge in [-0.2, -0.15) is 0 Å². The van der Waals surface area contributed by atoms with Gasteiger partial charge < -0.3 is 0 Å². The van der Waals surface area contributed by atoms with Gasteiger partial charge in [-0.3, -0.25) is 0 Å². The highest BCUT2D eigenvalue weighted by Gasteiger charge is 2.41. The lowest BCUT2D eigenvalue weighted by atomic mass is 9.94. The first-order valence-electron chi connectivity index (χ1n) is 15.7. The number of hydrogen-bond donors (Lipinski definition) is 0. The third kappa shape index (κ3) is 4.89. The summed E-state index contributed by atoms with van der Waals surface area (Å²) in [6.07, 6.45) is 7.46. The summed E-state index contributed by atoms with van der Waals surface area (Å²) >= 11 is 0. The fourth-order valence-electron chi connectivity index (χ4n) is 7.31. The van der Waals surface area contributed by atoms with Crippen LogP contribution in [0.2, 0.25) is 12.1 Å². The zero-order valence-electron chi connectivity index (χ0n) is 25.7. The van der Waals surface area contributed by atoms with E-state index in [-0.39, 0.29) is 0 Å². The second-order valence-electron chi connectivity index (χ2n) is 12.8. The number of fused-ring (bicyclic) bond motifs is 2. The molecule has 0 unspecified atom stereocenters. The van der Waals surface area contributed by atoms with Gasteiger partial charge in [0, 0.05) is 0 Å². The Labute approximate surface area is 248 Å². The number of allylic oxidation sites excluding steroid dienone is 2. The van der Waals surface area contributed by atoms with Crippen LogP contribution in [0.1, 0.15) is 86.8 Å². The summed E-state index contributed by atoms with van der Waals surface area (Å²) in [7, 11) is -1.85. The quantitative estimate of drug-likeness (QED) is 0.191. The van der Waals surface area contributed by atoms with Crippen molar-refractivity contribution in [3.63, 3.8) is 0 Å². The summed E-state index contributed by atoms with van der Waals surface area (Å²) in [5.41, 5.74) is 14.2. The minimum absolute atomic E-state index is 0.557. The van der Waals surface area contributed by atoms with Crippen LogP contribution in [0.25, 0.3) is 34.4 Å². The van der Waals surface area contributed by atoms with Gasteiger partial charge in [-0.05, 0) is 80.3 Å². The van der Waals surface area contributed by atoms with Crippen molar-refractivity contribution in [1.29, 1.82) is 0 Å². The average molecular weight is 553 g/mol. The maximum absolute atomic E-state index is 2.62. The fourth-order valence-corrected chi connectivity index (χ4v) is 11.9. The highest BCUT2D eigenvalue weighted by atomic mass is 28.3. The first-order valence-corrected chi connectivity index (χ1v) is 18.1. The summed E-state index contributed by atoms with van der Waals surface area (Å²) in [5.74, 6) is 1.11. The molecule has 0 saturated heterocycles. The van der Waals surface area contributed by atoms with Gasteiger partial charge in [0.15, 0.2) is 0 Å². The van der Waals surface area contributed by atoms with Crippen LogP contribution in [0, 0.1) is 0 Å². The van der Waals surface area contributed by atoms with Crippen LogP contribution in [0.4, 0.5) is 0 Å². The molecule has 0 saturated carbocycles. The van der Waals surface area contributed by atoms with E-state index >= 15 is 0 Å². The van der Waals surface area contributed by atoms with E-state index in [1.165, 1.54) is 67.7 Å². The standard InChI is InChI=1S/C40H44Si/c1-7-41(8-2,35-23-33-11-9-13-37(39(33)25-35)31-19-15-29(16-20-31)27(3)4)36-24-34-12-10-14-38(40(34)26-36)32-21-17-30(18-22-32)28(5)6/h9-22,25-28H,7-8,23-24H2,1-6H3. The number of rotatable bonds is 8. The normalized spacial score (nSPS) is 14.3. The second kappa shape index (κ2) is 11.1. The lowest BCUT2D eigenvalue weighted by Gasteiger charge is -2.33. The van der Waals surface area contributed by atoms with E-state index in [2.05, 4.69) is 139 Å². The molecule has 0 heterocycles. The van der Waals surface area contributed by atoms with Crippen LogP contribution in [-0.2, 0) is 12.8 Å². The molecule has 0 aliphatic heterocycles. The molecular formula is C40H44Si. The maximum Gasteiger partial charge on any atom is 0.109 e. The maximum atomic E-state index is 2.62. The van der Waals surface area contributed by atoms with Gasteiger partial charge in [0.25, 0.3) is 0 Å². The third-order valence-corrected chi connectivity index (χ3v) is 15.5. The SMILES string of the molecule is CC[Si](CC)(C1=Cc2c(cccc2-c2ccc(C(C)C)cc2)C1)C1=Cc2c(cccc2-c2ccc(C(C)C)cc2)C1. The summed E-state index contributed by atoms with van der Waals surface area (Å²) < 4.78 is 0. The van der Waals surface area contributed by atoms with Crippen molar-refractivity contribution in [2.75, 3.05) is 0 Å². The summed E-state index contributed by atoms with van der Waals surface area (Å²) in [6, 6.07) is 35.0. The van der Waals surface area contributed by atoms with Gasteiger partial charge in [-0.15, -0.1) is 0 Å². The van der Waals surface area contributed by atoms with Crippen molar-refractivity contribution in [2.24, 2.45) is 0 Å². The van der Waals surface area contributed by atoms with E-state index in [1.807, 2.05) is 0 Å². The van der Waals surface area contributed by atoms with Crippen LogP contribution in [0.5, 0.6) is 0 Å². The molecule has 6 rings (SSSR count). The lowest BCUT2D eigenvalue weighted by Crippen LogP contribution is -2.39. The van der Waals surface area contributed by atoms with E-state index in [0.717, 1.165) is 12.8 Å².